The third kappa shape index (κ3) is 7.36. The molecule has 0 saturated carbocycles. The highest BCUT2D eigenvalue weighted by Gasteiger charge is 2.25. The number of nitrogens with zero attached hydrogens (tertiary/aromatic N) is 1. The van der Waals surface area contributed by atoms with E-state index in [1.807, 2.05) is 13.8 Å². The summed E-state index contributed by atoms with van der Waals surface area (Å²) in [6, 6.07) is 0.0892. The molecule has 0 spiro atoms. The van der Waals surface area contributed by atoms with Crippen LogP contribution < -0.4 is 5.32 Å². The molecule has 0 aromatic heterocycles. The Labute approximate surface area is 122 Å². The van der Waals surface area contributed by atoms with Gasteiger partial charge in [-0.05, 0) is 38.0 Å². The fourth-order valence-electron chi connectivity index (χ4n) is 2.02. The molecule has 1 atom stereocenters. The summed E-state index contributed by atoms with van der Waals surface area (Å²) in [5.41, 5.74) is 0.0458. The van der Waals surface area contributed by atoms with Crippen molar-refractivity contribution in [3.63, 3.8) is 0 Å². The number of rotatable bonds is 7. The van der Waals surface area contributed by atoms with Gasteiger partial charge in [0, 0.05) is 26.1 Å². The maximum absolute atomic E-state index is 11.8. The number of urea groups is 1. The van der Waals surface area contributed by atoms with Crippen molar-refractivity contribution in [3.8, 4) is 0 Å². The lowest BCUT2D eigenvalue weighted by Gasteiger charge is -2.31. The quantitative estimate of drug-likeness (QED) is 0.756. The number of carboxylic acids is 1. The highest BCUT2D eigenvalue weighted by molar-refractivity contribution is 5.74. The molecule has 0 rings (SSSR count). The van der Waals surface area contributed by atoms with Crippen LogP contribution in [-0.2, 0) is 4.79 Å². The van der Waals surface area contributed by atoms with E-state index in [9.17, 15) is 9.59 Å². The summed E-state index contributed by atoms with van der Waals surface area (Å²) < 4.78 is 0. The molecular weight excluding hydrogens is 256 g/mol. The average Bonchev–Trinajstić information content (AvgIpc) is 2.29. The molecule has 0 saturated heterocycles. The molecule has 0 aromatic rings. The molecule has 0 fully saturated rings. The van der Waals surface area contributed by atoms with Gasteiger partial charge >= 0.3 is 12.0 Å². The summed E-state index contributed by atoms with van der Waals surface area (Å²) in [6.07, 6.45) is 1.63. The minimum atomic E-state index is -0.761. The van der Waals surface area contributed by atoms with Gasteiger partial charge in [0.25, 0.3) is 0 Å². The van der Waals surface area contributed by atoms with Crippen LogP contribution in [-0.4, -0.2) is 41.6 Å². The normalized spacial score (nSPS) is 13.2. The third-order valence-corrected chi connectivity index (χ3v) is 3.80. The Morgan fingerprint density at radius 2 is 1.75 bits per heavy atom. The molecule has 5 nitrogen and oxygen atoms in total. The molecule has 0 aromatic carbocycles. The molecule has 2 amide bonds. The zero-order valence-electron chi connectivity index (χ0n) is 13.7. The summed E-state index contributed by atoms with van der Waals surface area (Å²) in [6.45, 7) is 10.8. The fraction of sp³-hybridized carbons (Fsp3) is 0.867. The second-order valence-electron chi connectivity index (χ2n) is 6.72. The molecule has 0 aliphatic carbocycles. The molecule has 2 N–H and O–H groups in total. The first kappa shape index (κ1) is 18.7. The van der Waals surface area contributed by atoms with Crippen molar-refractivity contribution >= 4 is 12.0 Å². The lowest BCUT2D eigenvalue weighted by molar-refractivity contribution is -0.137. The van der Waals surface area contributed by atoms with Crippen molar-refractivity contribution < 1.29 is 14.7 Å². The second-order valence-corrected chi connectivity index (χ2v) is 6.72. The van der Waals surface area contributed by atoms with Crippen molar-refractivity contribution in [3.05, 3.63) is 0 Å². The number of amides is 2. The molecule has 20 heavy (non-hydrogen) atoms. The van der Waals surface area contributed by atoms with E-state index < -0.39 is 5.97 Å². The van der Waals surface area contributed by atoms with Crippen LogP contribution in [0.25, 0.3) is 0 Å². The van der Waals surface area contributed by atoms with E-state index in [2.05, 4.69) is 26.1 Å². The van der Waals surface area contributed by atoms with Crippen molar-refractivity contribution in [1.29, 1.82) is 0 Å². The van der Waals surface area contributed by atoms with E-state index >= 15 is 0 Å². The van der Waals surface area contributed by atoms with Crippen molar-refractivity contribution in [1.82, 2.24) is 10.2 Å². The predicted molar refractivity (Wildman–Crippen MR) is 80.7 cm³/mol. The SMILES string of the molecule is CC(C)N(C)C(=O)NCCC(CCC(=O)O)C(C)(C)C. The van der Waals surface area contributed by atoms with Gasteiger partial charge < -0.3 is 15.3 Å². The molecular formula is C15H30N2O3. The maximum Gasteiger partial charge on any atom is 0.317 e. The lowest BCUT2D eigenvalue weighted by Crippen LogP contribution is -2.42. The van der Waals surface area contributed by atoms with E-state index in [4.69, 9.17) is 5.11 Å². The van der Waals surface area contributed by atoms with Crippen LogP contribution in [0.1, 0.15) is 53.9 Å². The van der Waals surface area contributed by atoms with Gasteiger partial charge in [-0.2, -0.15) is 0 Å². The van der Waals surface area contributed by atoms with Gasteiger partial charge in [0.2, 0.25) is 0 Å². The Bertz CT molecular complexity index is 322. The topological polar surface area (TPSA) is 69.6 Å². The van der Waals surface area contributed by atoms with E-state index in [0.29, 0.717) is 13.0 Å². The second kappa shape index (κ2) is 8.12. The summed E-state index contributed by atoms with van der Waals surface area (Å²) in [4.78, 5) is 24.2. The first-order chi connectivity index (χ1) is 9.05. The predicted octanol–water partition coefficient (Wildman–Crippen LogP) is 2.95. The molecule has 5 heteroatoms. The first-order valence-electron chi connectivity index (χ1n) is 7.28. The van der Waals surface area contributed by atoms with Crippen LogP contribution in [0, 0.1) is 11.3 Å². The largest absolute Gasteiger partial charge is 0.481 e. The van der Waals surface area contributed by atoms with E-state index in [-0.39, 0.29) is 29.8 Å². The van der Waals surface area contributed by atoms with Gasteiger partial charge in [-0.25, -0.2) is 4.79 Å². The van der Waals surface area contributed by atoms with Crippen LogP contribution in [0.4, 0.5) is 4.79 Å². The van der Waals surface area contributed by atoms with Crippen molar-refractivity contribution in [2.45, 2.75) is 59.9 Å². The Morgan fingerprint density at radius 1 is 1.20 bits per heavy atom. The molecule has 0 radical (unpaired) electrons. The zero-order chi connectivity index (χ0) is 15.9. The third-order valence-electron chi connectivity index (χ3n) is 3.80. The minimum absolute atomic E-state index is 0.0458. The van der Waals surface area contributed by atoms with Crippen LogP contribution >= 0.6 is 0 Å². The van der Waals surface area contributed by atoms with Crippen LogP contribution in [0.15, 0.2) is 0 Å². The Balaban J connectivity index is 4.27. The Morgan fingerprint density at radius 3 is 2.15 bits per heavy atom. The molecule has 118 valence electrons. The van der Waals surface area contributed by atoms with Gasteiger partial charge in [0.05, 0.1) is 0 Å². The van der Waals surface area contributed by atoms with Gasteiger partial charge in [0.1, 0.15) is 0 Å². The first-order valence-corrected chi connectivity index (χ1v) is 7.28. The number of carbonyl (C=O) groups is 2. The number of hydrogen-bond acceptors (Lipinski definition) is 2. The minimum Gasteiger partial charge on any atom is -0.481 e. The van der Waals surface area contributed by atoms with Crippen LogP contribution in [0.2, 0.25) is 0 Å². The molecule has 0 heterocycles. The van der Waals surface area contributed by atoms with Crippen LogP contribution in [0.5, 0.6) is 0 Å². The smallest absolute Gasteiger partial charge is 0.317 e. The molecule has 0 aliphatic heterocycles. The number of aliphatic carboxylic acids is 1. The standard InChI is InChI=1S/C15H30N2O3/c1-11(2)17(6)14(20)16-10-9-12(15(3,4)5)7-8-13(18)19/h11-12H,7-10H2,1-6H3,(H,16,20)(H,18,19). The highest BCUT2D eigenvalue weighted by Crippen LogP contribution is 2.32. The summed E-state index contributed by atoms with van der Waals surface area (Å²) >= 11 is 0. The number of nitrogens with one attached hydrogen (secondary N) is 1. The summed E-state index contributed by atoms with van der Waals surface area (Å²) in [5, 5.41) is 11.7. The van der Waals surface area contributed by atoms with E-state index in [1.54, 1.807) is 11.9 Å². The van der Waals surface area contributed by atoms with Crippen molar-refractivity contribution in [2.75, 3.05) is 13.6 Å². The zero-order valence-corrected chi connectivity index (χ0v) is 13.7. The lowest BCUT2D eigenvalue weighted by atomic mass is 9.76. The molecule has 0 aliphatic rings. The van der Waals surface area contributed by atoms with E-state index in [1.165, 1.54) is 0 Å². The average molecular weight is 286 g/mol. The molecule has 0 bridgehead atoms. The Kier molecular flexibility index (Phi) is 7.61. The van der Waals surface area contributed by atoms with Gasteiger partial charge in [-0.15, -0.1) is 0 Å². The fourth-order valence-corrected chi connectivity index (χ4v) is 2.02. The van der Waals surface area contributed by atoms with Gasteiger partial charge in [-0.1, -0.05) is 20.8 Å². The summed E-state index contributed by atoms with van der Waals surface area (Å²) in [5.74, 6) is -0.480. The maximum atomic E-state index is 11.8. The monoisotopic (exact) mass is 286 g/mol. The van der Waals surface area contributed by atoms with Gasteiger partial charge in [-0.3, -0.25) is 4.79 Å². The number of carboxylic acid groups (broad SMARTS) is 1. The summed E-state index contributed by atoms with van der Waals surface area (Å²) in [7, 11) is 1.77. The highest BCUT2D eigenvalue weighted by atomic mass is 16.4. The van der Waals surface area contributed by atoms with Gasteiger partial charge in [0.15, 0.2) is 0 Å². The Hall–Kier alpha value is -1.26. The number of carbonyl (C=O) groups excluding carboxylic acids is 1. The van der Waals surface area contributed by atoms with E-state index in [0.717, 1.165) is 6.42 Å². The van der Waals surface area contributed by atoms with Crippen LogP contribution in [0.3, 0.4) is 0 Å². The van der Waals surface area contributed by atoms with Crippen molar-refractivity contribution in [2.24, 2.45) is 11.3 Å². The molecule has 1 unspecified atom stereocenters. The number of hydrogen-bond donors (Lipinski definition) is 2.